The van der Waals surface area contributed by atoms with Crippen LogP contribution in [-0.4, -0.2) is 6.54 Å². The second-order valence-electron chi connectivity index (χ2n) is 2.16. The summed E-state index contributed by atoms with van der Waals surface area (Å²) in [6, 6.07) is 0. The zero-order chi connectivity index (χ0) is 8.53. The molecule has 0 aromatic heterocycles. The van der Waals surface area contributed by atoms with Crippen LogP contribution >= 0.6 is 0 Å². The lowest BCUT2D eigenvalue weighted by Crippen LogP contribution is -2.09. The number of likely N-dealkylation sites (N-methyl/N-ethyl adjacent to an activating group) is 1. The molecule has 0 unspecified atom stereocenters. The van der Waals surface area contributed by atoms with Crippen LogP contribution < -0.4 is 5.32 Å². The summed E-state index contributed by atoms with van der Waals surface area (Å²) >= 11 is 0. The molecule has 0 aliphatic carbocycles. The fourth-order valence-corrected chi connectivity index (χ4v) is 0.732. The topological polar surface area (TPSA) is 12.0 Å². The molecule has 0 saturated carbocycles. The highest BCUT2D eigenvalue weighted by Gasteiger charge is 1.82. The van der Waals surface area contributed by atoms with Crippen molar-refractivity contribution in [2.75, 3.05) is 6.54 Å². The summed E-state index contributed by atoms with van der Waals surface area (Å²) in [5, 5.41) is 3.23. The van der Waals surface area contributed by atoms with Crippen LogP contribution in [0.25, 0.3) is 0 Å². The van der Waals surface area contributed by atoms with Crippen molar-refractivity contribution in [2.45, 2.75) is 20.8 Å². The van der Waals surface area contributed by atoms with Gasteiger partial charge in [-0.25, -0.2) is 0 Å². The van der Waals surface area contributed by atoms with Crippen LogP contribution in [0.2, 0.25) is 0 Å². The Morgan fingerprint density at radius 1 is 1.27 bits per heavy atom. The molecule has 0 aliphatic heterocycles. The van der Waals surface area contributed by atoms with E-state index in [1.807, 2.05) is 32.1 Å². The monoisotopic (exact) mass is 151 g/mol. The number of hydrogen-bond acceptors (Lipinski definition) is 1. The van der Waals surface area contributed by atoms with E-state index in [4.69, 9.17) is 0 Å². The van der Waals surface area contributed by atoms with Crippen molar-refractivity contribution in [3.05, 3.63) is 36.1 Å². The van der Waals surface area contributed by atoms with E-state index >= 15 is 0 Å². The number of rotatable bonds is 4. The van der Waals surface area contributed by atoms with E-state index in [9.17, 15) is 0 Å². The standard InChI is InChI=1S/C10H17N/c1-4-7-8-9-10(5-2)11-6-3/h4-5,7-9,11H,6H2,1-3H3/b7-4-,9-8-,10-5-. The van der Waals surface area contributed by atoms with Gasteiger partial charge in [-0.15, -0.1) is 0 Å². The quantitative estimate of drug-likeness (QED) is 0.609. The van der Waals surface area contributed by atoms with Gasteiger partial charge in [0.2, 0.25) is 0 Å². The minimum absolute atomic E-state index is 0.972. The lowest BCUT2D eigenvalue weighted by molar-refractivity contribution is 0.876. The molecule has 62 valence electrons. The largest absolute Gasteiger partial charge is 0.386 e. The Morgan fingerprint density at radius 3 is 2.45 bits per heavy atom. The first-order chi connectivity index (χ1) is 5.35. The molecule has 0 atom stereocenters. The van der Waals surface area contributed by atoms with Gasteiger partial charge in [0.05, 0.1) is 0 Å². The minimum atomic E-state index is 0.972. The van der Waals surface area contributed by atoms with Crippen LogP contribution in [0.5, 0.6) is 0 Å². The SMILES string of the molecule is C\C=C/C=C\C(=C\C)NCC. The molecule has 0 bridgehead atoms. The van der Waals surface area contributed by atoms with Crippen molar-refractivity contribution < 1.29 is 0 Å². The summed E-state index contributed by atoms with van der Waals surface area (Å²) in [5.41, 5.74) is 1.17. The minimum Gasteiger partial charge on any atom is -0.386 e. The average Bonchev–Trinajstić information content (AvgIpc) is 2.03. The second kappa shape index (κ2) is 7.13. The molecule has 1 nitrogen and oxygen atoms in total. The first-order valence-corrected chi connectivity index (χ1v) is 4.04. The third kappa shape index (κ3) is 5.46. The molecule has 0 fully saturated rings. The highest BCUT2D eigenvalue weighted by molar-refractivity contribution is 5.19. The molecule has 0 aromatic rings. The molecule has 0 heterocycles. The van der Waals surface area contributed by atoms with Gasteiger partial charge in [0, 0.05) is 12.2 Å². The van der Waals surface area contributed by atoms with Crippen molar-refractivity contribution in [1.29, 1.82) is 0 Å². The maximum absolute atomic E-state index is 3.23. The van der Waals surface area contributed by atoms with Gasteiger partial charge in [0.25, 0.3) is 0 Å². The van der Waals surface area contributed by atoms with E-state index in [0.29, 0.717) is 0 Å². The first kappa shape index (κ1) is 10.0. The molecule has 0 saturated heterocycles. The van der Waals surface area contributed by atoms with Crippen LogP contribution in [0.1, 0.15) is 20.8 Å². The molecule has 11 heavy (non-hydrogen) atoms. The lowest BCUT2D eigenvalue weighted by atomic mass is 10.3. The maximum Gasteiger partial charge on any atom is 0.0296 e. The molecule has 0 spiro atoms. The molecule has 0 aliphatic rings. The van der Waals surface area contributed by atoms with Crippen LogP contribution in [0, 0.1) is 0 Å². The van der Waals surface area contributed by atoms with Gasteiger partial charge in [-0.2, -0.15) is 0 Å². The van der Waals surface area contributed by atoms with Gasteiger partial charge < -0.3 is 5.32 Å². The lowest BCUT2D eigenvalue weighted by Gasteiger charge is -2.00. The van der Waals surface area contributed by atoms with Crippen LogP contribution in [0.4, 0.5) is 0 Å². The molecule has 1 N–H and O–H groups in total. The van der Waals surface area contributed by atoms with E-state index in [2.05, 4.69) is 24.4 Å². The fourth-order valence-electron chi connectivity index (χ4n) is 0.732. The van der Waals surface area contributed by atoms with Crippen molar-refractivity contribution in [1.82, 2.24) is 5.32 Å². The summed E-state index contributed by atoms with van der Waals surface area (Å²) in [5.74, 6) is 0. The summed E-state index contributed by atoms with van der Waals surface area (Å²) in [6.07, 6.45) is 10.2. The number of nitrogens with one attached hydrogen (secondary N) is 1. The Kier molecular flexibility index (Phi) is 6.50. The van der Waals surface area contributed by atoms with E-state index in [1.165, 1.54) is 5.70 Å². The highest BCUT2D eigenvalue weighted by atomic mass is 14.9. The Morgan fingerprint density at radius 2 is 2.00 bits per heavy atom. The summed E-state index contributed by atoms with van der Waals surface area (Å²) in [6.45, 7) is 7.10. The van der Waals surface area contributed by atoms with Crippen LogP contribution in [-0.2, 0) is 0 Å². The molecule has 0 rings (SSSR count). The third-order valence-electron chi connectivity index (χ3n) is 1.27. The Balaban J connectivity index is 3.88. The smallest absolute Gasteiger partial charge is 0.0296 e. The van der Waals surface area contributed by atoms with E-state index in [0.717, 1.165) is 6.54 Å². The maximum atomic E-state index is 3.23. The highest BCUT2D eigenvalue weighted by Crippen LogP contribution is 1.91. The molecular formula is C10H17N. The Labute approximate surface area is 69.5 Å². The third-order valence-corrected chi connectivity index (χ3v) is 1.27. The Hall–Kier alpha value is -0.980. The van der Waals surface area contributed by atoms with Gasteiger partial charge in [0.15, 0.2) is 0 Å². The first-order valence-electron chi connectivity index (χ1n) is 4.04. The Bertz CT molecular complexity index is 164. The summed E-state index contributed by atoms with van der Waals surface area (Å²) in [4.78, 5) is 0. The zero-order valence-corrected chi connectivity index (χ0v) is 7.59. The van der Waals surface area contributed by atoms with Crippen molar-refractivity contribution in [3.8, 4) is 0 Å². The van der Waals surface area contributed by atoms with Gasteiger partial charge >= 0.3 is 0 Å². The molecule has 0 amide bonds. The van der Waals surface area contributed by atoms with Crippen molar-refractivity contribution in [3.63, 3.8) is 0 Å². The molecule has 1 heteroatoms. The van der Waals surface area contributed by atoms with Gasteiger partial charge in [-0.1, -0.05) is 24.3 Å². The normalized spacial score (nSPS) is 13.2. The molecular weight excluding hydrogens is 134 g/mol. The number of hydrogen-bond donors (Lipinski definition) is 1. The van der Waals surface area contributed by atoms with Gasteiger partial charge in [-0.05, 0) is 26.8 Å². The van der Waals surface area contributed by atoms with Crippen LogP contribution in [0.3, 0.4) is 0 Å². The van der Waals surface area contributed by atoms with Crippen LogP contribution in [0.15, 0.2) is 36.1 Å². The van der Waals surface area contributed by atoms with Crippen molar-refractivity contribution >= 4 is 0 Å². The summed E-state index contributed by atoms with van der Waals surface area (Å²) in [7, 11) is 0. The van der Waals surface area contributed by atoms with Gasteiger partial charge in [-0.3, -0.25) is 0 Å². The molecule has 0 radical (unpaired) electrons. The average molecular weight is 151 g/mol. The van der Waals surface area contributed by atoms with E-state index in [1.54, 1.807) is 0 Å². The molecule has 0 aromatic carbocycles. The zero-order valence-electron chi connectivity index (χ0n) is 7.59. The second-order valence-corrected chi connectivity index (χ2v) is 2.16. The van der Waals surface area contributed by atoms with Crippen molar-refractivity contribution in [2.24, 2.45) is 0 Å². The fraction of sp³-hybridized carbons (Fsp3) is 0.400. The van der Waals surface area contributed by atoms with E-state index in [-0.39, 0.29) is 0 Å². The summed E-state index contributed by atoms with van der Waals surface area (Å²) < 4.78 is 0. The number of allylic oxidation sites excluding steroid dienone is 5. The predicted molar refractivity (Wildman–Crippen MR) is 51.4 cm³/mol. The van der Waals surface area contributed by atoms with Gasteiger partial charge in [0.1, 0.15) is 0 Å². The van der Waals surface area contributed by atoms with E-state index < -0.39 is 0 Å². The predicted octanol–water partition coefficient (Wildman–Crippen LogP) is 2.63.